The topological polar surface area (TPSA) is 44.7 Å². The SMILES string of the molecule is CN(C)CC1CN(c2cc(N3CCCCC3)ncn2)CCO1. The van der Waals surface area contributed by atoms with Crippen molar-refractivity contribution in [1.29, 1.82) is 0 Å². The van der Waals surface area contributed by atoms with Crippen LogP contribution in [0.4, 0.5) is 11.6 Å². The van der Waals surface area contributed by atoms with Crippen LogP contribution in [0.3, 0.4) is 0 Å². The van der Waals surface area contributed by atoms with Crippen molar-refractivity contribution in [3.05, 3.63) is 12.4 Å². The monoisotopic (exact) mass is 305 g/mol. The summed E-state index contributed by atoms with van der Waals surface area (Å²) in [5.74, 6) is 2.10. The zero-order valence-corrected chi connectivity index (χ0v) is 13.7. The van der Waals surface area contributed by atoms with Crippen LogP contribution in [0.1, 0.15) is 19.3 Å². The van der Waals surface area contributed by atoms with Gasteiger partial charge in [-0.1, -0.05) is 0 Å². The summed E-state index contributed by atoms with van der Waals surface area (Å²) in [6.07, 6.45) is 5.82. The van der Waals surface area contributed by atoms with Gasteiger partial charge in [-0.2, -0.15) is 0 Å². The molecule has 0 aromatic carbocycles. The lowest BCUT2D eigenvalue weighted by Crippen LogP contribution is -2.46. The maximum atomic E-state index is 5.85. The number of aromatic nitrogens is 2. The van der Waals surface area contributed by atoms with E-state index in [-0.39, 0.29) is 6.10 Å². The number of morpholine rings is 1. The molecule has 0 bridgehead atoms. The summed E-state index contributed by atoms with van der Waals surface area (Å²) in [4.78, 5) is 15.8. The van der Waals surface area contributed by atoms with Crippen LogP contribution in [0.15, 0.2) is 12.4 Å². The number of piperidine rings is 1. The van der Waals surface area contributed by atoms with Gasteiger partial charge in [-0.25, -0.2) is 9.97 Å². The van der Waals surface area contributed by atoms with E-state index >= 15 is 0 Å². The van der Waals surface area contributed by atoms with Crippen LogP contribution < -0.4 is 9.80 Å². The molecule has 122 valence electrons. The van der Waals surface area contributed by atoms with Crippen LogP contribution in [0, 0.1) is 0 Å². The van der Waals surface area contributed by atoms with E-state index in [0.717, 1.165) is 51.0 Å². The standard InChI is InChI=1S/C16H27N5O/c1-19(2)11-14-12-21(8-9-22-14)16-10-15(17-13-18-16)20-6-4-3-5-7-20/h10,13-14H,3-9,11-12H2,1-2H3. The van der Waals surface area contributed by atoms with E-state index in [1.54, 1.807) is 6.33 Å². The molecule has 1 unspecified atom stereocenters. The highest BCUT2D eigenvalue weighted by Crippen LogP contribution is 2.22. The van der Waals surface area contributed by atoms with Gasteiger partial charge in [-0.05, 0) is 33.4 Å². The van der Waals surface area contributed by atoms with E-state index in [1.165, 1.54) is 19.3 Å². The van der Waals surface area contributed by atoms with E-state index in [1.807, 2.05) is 0 Å². The van der Waals surface area contributed by atoms with Crippen molar-refractivity contribution in [2.24, 2.45) is 0 Å². The lowest BCUT2D eigenvalue weighted by atomic mass is 10.1. The number of hydrogen-bond acceptors (Lipinski definition) is 6. The largest absolute Gasteiger partial charge is 0.373 e. The second-order valence-electron chi connectivity index (χ2n) is 6.48. The van der Waals surface area contributed by atoms with Crippen molar-refractivity contribution in [2.75, 3.05) is 63.2 Å². The Morgan fingerprint density at radius 3 is 2.55 bits per heavy atom. The van der Waals surface area contributed by atoms with E-state index < -0.39 is 0 Å². The number of hydrogen-bond donors (Lipinski definition) is 0. The van der Waals surface area contributed by atoms with E-state index in [9.17, 15) is 0 Å². The molecule has 0 N–H and O–H groups in total. The third-order valence-electron chi connectivity index (χ3n) is 4.35. The van der Waals surface area contributed by atoms with E-state index in [2.05, 4.69) is 44.8 Å². The molecule has 2 saturated heterocycles. The quantitative estimate of drug-likeness (QED) is 0.834. The molecule has 0 radical (unpaired) electrons. The van der Waals surface area contributed by atoms with Gasteiger partial charge in [0.2, 0.25) is 0 Å². The molecular weight excluding hydrogens is 278 g/mol. The van der Waals surface area contributed by atoms with Crippen molar-refractivity contribution in [1.82, 2.24) is 14.9 Å². The summed E-state index contributed by atoms with van der Waals surface area (Å²) in [6.45, 7) is 5.74. The number of ether oxygens (including phenoxy) is 1. The zero-order chi connectivity index (χ0) is 15.4. The summed E-state index contributed by atoms with van der Waals surface area (Å²) in [7, 11) is 4.17. The molecule has 1 aromatic heterocycles. The molecule has 0 aliphatic carbocycles. The third-order valence-corrected chi connectivity index (χ3v) is 4.35. The fraction of sp³-hybridized carbons (Fsp3) is 0.750. The second-order valence-corrected chi connectivity index (χ2v) is 6.48. The Morgan fingerprint density at radius 2 is 1.82 bits per heavy atom. The van der Waals surface area contributed by atoms with Crippen LogP contribution in [0.2, 0.25) is 0 Å². The first kappa shape index (κ1) is 15.5. The number of anilines is 2. The van der Waals surface area contributed by atoms with Gasteiger partial charge in [0.05, 0.1) is 12.7 Å². The lowest BCUT2D eigenvalue weighted by molar-refractivity contribution is 0.0245. The minimum Gasteiger partial charge on any atom is -0.373 e. The van der Waals surface area contributed by atoms with Crippen LogP contribution in [-0.2, 0) is 4.74 Å². The molecular formula is C16H27N5O. The molecule has 2 aliphatic heterocycles. The van der Waals surface area contributed by atoms with Gasteiger partial charge in [0.25, 0.3) is 0 Å². The Bertz CT molecular complexity index is 475. The van der Waals surface area contributed by atoms with Crippen LogP contribution in [0.5, 0.6) is 0 Å². The predicted octanol–water partition coefficient (Wildman–Crippen LogP) is 1.23. The fourth-order valence-electron chi connectivity index (χ4n) is 3.25. The molecule has 6 heteroatoms. The predicted molar refractivity (Wildman–Crippen MR) is 88.6 cm³/mol. The Morgan fingerprint density at radius 1 is 1.09 bits per heavy atom. The highest BCUT2D eigenvalue weighted by molar-refractivity contribution is 5.50. The Labute approximate surface area is 133 Å². The third kappa shape index (κ3) is 3.87. The van der Waals surface area contributed by atoms with Gasteiger partial charge in [-0.15, -0.1) is 0 Å². The smallest absolute Gasteiger partial charge is 0.134 e. The highest BCUT2D eigenvalue weighted by atomic mass is 16.5. The van der Waals surface area contributed by atoms with Crippen LogP contribution in [-0.4, -0.2) is 74.4 Å². The molecule has 3 heterocycles. The summed E-state index contributed by atoms with van der Waals surface area (Å²) < 4.78 is 5.85. The van der Waals surface area contributed by atoms with Crippen LogP contribution >= 0.6 is 0 Å². The fourth-order valence-corrected chi connectivity index (χ4v) is 3.25. The van der Waals surface area contributed by atoms with Gasteiger partial charge < -0.3 is 19.4 Å². The average molecular weight is 305 g/mol. The minimum absolute atomic E-state index is 0.247. The number of rotatable bonds is 4. The normalized spacial score (nSPS) is 23.1. The average Bonchev–Trinajstić information content (AvgIpc) is 2.55. The minimum atomic E-state index is 0.247. The van der Waals surface area contributed by atoms with E-state index in [4.69, 9.17) is 4.74 Å². The zero-order valence-electron chi connectivity index (χ0n) is 13.7. The molecule has 3 rings (SSSR count). The molecule has 0 spiro atoms. The molecule has 1 atom stereocenters. The van der Waals surface area contributed by atoms with Gasteiger partial charge in [0.15, 0.2) is 0 Å². The number of likely N-dealkylation sites (N-methyl/N-ethyl adjacent to an activating group) is 1. The van der Waals surface area contributed by atoms with Gasteiger partial charge in [0, 0.05) is 38.8 Å². The first-order valence-corrected chi connectivity index (χ1v) is 8.30. The van der Waals surface area contributed by atoms with Crippen molar-refractivity contribution in [3.8, 4) is 0 Å². The Kier molecular flexibility index (Phi) is 5.10. The second kappa shape index (κ2) is 7.24. The van der Waals surface area contributed by atoms with Gasteiger partial charge in [0.1, 0.15) is 18.0 Å². The lowest BCUT2D eigenvalue weighted by Gasteiger charge is -2.35. The summed E-state index contributed by atoms with van der Waals surface area (Å²) in [5.41, 5.74) is 0. The summed E-state index contributed by atoms with van der Waals surface area (Å²) in [6, 6.07) is 2.14. The summed E-state index contributed by atoms with van der Waals surface area (Å²) >= 11 is 0. The van der Waals surface area contributed by atoms with Crippen LogP contribution in [0.25, 0.3) is 0 Å². The first-order chi connectivity index (χ1) is 10.7. The Balaban J connectivity index is 1.68. The van der Waals surface area contributed by atoms with E-state index in [0.29, 0.717) is 0 Å². The molecule has 22 heavy (non-hydrogen) atoms. The van der Waals surface area contributed by atoms with Crippen molar-refractivity contribution >= 4 is 11.6 Å². The first-order valence-electron chi connectivity index (χ1n) is 8.30. The van der Waals surface area contributed by atoms with Gasteiger partial charge in [-0.3, -0.25) is 0 Å². The van der Waals surface area contributed by atoms with Crippen molar-refractivity contribution < 1.29 is 4.74 Å². The molecule has 1 aromatic rings. The maximum Gasteiger partial charge on any atom is 0.134 e. The highest BCUT2D eigenvalue weighted by Gasteiger charge is 2.23. The van der Waals surface area contributed by atoms with Crippen molar-refractivity contribution in [3.63, 3.8) is 0 Å². The molecule has 0 amide bonds. The molecule has 2 aliphatic rings. The molecule has 0 saturated carbocycles. The molecule has 6 nitrogen and oxygen atoms in total. The van der Waals surface area contributed by atoms with Crippen molar-refractivity contribution in [2.45, 2.75) is 25.4 Å². The molecule has 2 fully saturated rings. The number of nitrogens with zero attached hydrogens (tertiary/aromatic N) is 5. The summed E-state index contributed by atoms with van der Waals surface area (Å²) in [5, 5.41) is 0. The Hall–Kier alpha value is -1.40. The maximum absolute atomic E-state index is 5.85. The van der Waals surface area contributed by atoms with Gasteiger partial charge >= 0.3 is 0 Å².